The first kappa shape index (κ1) is 10.1. The molecule has 0 radical (unpaired) electrons. The van der Waals surface area contributed by atoms with Gasteiger partial charge in [-0.05, 0) is 29.6 Å². The summed E-state index contributed by atoms with van der Waals surface area (Å²) in [5.74, 6) is -0.946. The summed E-state index contributed by atoms with van der Waals surface area (Å²) in [6.45, 7) is 1.96. The molecule has 1 aromatic carbocycles. The first-order valence-electron chi connectivity index (χ1n) is 3.99. The van der Waals surface area contributed by atoms with Crippen molar-refractivity contribution in [2.45, 2.75) is 13.5 Å². The Kier molecular flexibility index (Phi) is 3.09. The van der Waals surface area contributed by atoms with Gasteiger partial charge >= 0.3 is 5.97 Å². The highest BCUT2D eigenvalue weighted by atomic mass is 16.4. The molecule has 1 aromatic rings. The molecule has 0 aromatic heterocycles. The van der Waals surface area contributed by atoms with Gasteiger partial charge in [-0.2, -0.15) is 0 Å². The molecule has 5 nitrogen and oxygen atoms in total. The molecule has 0 fully saturated rings. The third kappa shape index (κ3) is 2.24. The van der Waals surface area contributed by atoms with E-state index in [1.54, 1.807) is 19.1 Å². The molecule has 0 atom stereocenters. The molecule has 0 heterocycles. The summed E-state index contributed by atoms with van der Waals surface area (Å²) in [4.78, 5) is 13.3. The largest absolute Gasteiger partial charge is 0.478 e. The second-order valence-corrected chi connectivity index (χ2v) is 2.84. The van der Waals surface area contributed by atoms with E-state index in [0.717, 1.165) is 5.56 Å². The van der Waals surface area contributed by atoms with Crippen molar-refractivity contribution in [2.24, 2.45) is 5.11 Å². The van der Waals surface area contributed by atoms with Crippen LogP contribution in [0.5, 0.6) is 0 Å². The minimum atomic E-state index is -0.946. The monoisotopic (exact) mass is 191 g/mol. The highest BCUT2D eigenvalue weighted by Gasteiger charge is 2.06. The van der Waals surface area contributed by atoms with E-state index in [1.807, 2.05) is 0 Å². The smallest absolute Gasteiger partial charge is 0.335 e. The summed E-state index contributed by atoms with van der Waals surface area (Å²) in [7, 11) is 0. The Morgan fingerprint density at radius 2 is 2.36 bits per heavy atom. The van der Waals surface area contributed by atoms with Crippen molar-refractivity contribution in [3.63, 3.8) is 0 Å². The van der Waals surface area contributed by atoms with Gasteiger partial charge in [0, 0.05) is 4.91 Å². The Morgan fingerprint density at radius 3 is 2.86 bits per heavy atom. The quantitative estimate of drug-likeness (QED) is 0.452. The Morgan fingerprint density at radius 1 is 1.64 bits per heavy atom. The fraction of sp³-hybridized carbons (Fsp3) is 0.222. The van der Waals surface area contributed by atoms with Crippen LogP contribution in [-0.2, 0) is 6.54 Å². The summed E-state index contributed by atoms with van der Waals surface area (Å²) in [5, 5.41) is 12.1. The van der Waals surface area contributed by atoms with Crippen molar-refractivity contribution in [2.75, 3.05) is 0 Å². The molecule has 14 heavy (non-hydrogen) atoms. The lowest BCUT2D eigenvalue weighted by Crippen LogP contribution is -1.99. The third-order valence-corrected chi connectivity index (χ3v) is 1.84. The number of carboxylic acids is 1. The van der Waals surface area contributed by atoms with Gasteiger partial charge in [-0.15, -0.1) is 0 Å². The second-order valence-electron chi connectivity index (χ2n) is 2.84. The standard InChI is InChI=1S/C9H9N3O2/c1-6-4-7(5-11-12-10)2-3-8(6)9(13)14/h2-4H,5H2,1H3,(H,13,14). The average molecular weight is 191 g/mol. The molecular weight excluding hydrogens is 182 g/mol. The SMILES string of the molecule is Cc1cc(CN=[N+]=[N-])ccc1C(=O)O. The maximum atomic E-state index is 10.7. The van der Waals surface area contributed by atoms with Gasteiger partial charge in [0.05, 0.1) is 12.1 Å². The predicted octanol–water partition coefficient (Wildman–Crippen LogP) is 2.50. The Bertz CT molecular complexity index is 409. The lowest BCUT2D eigenvalue weighted by atomic mass is 10.1. The van der Waals surface area contributed by atoms with E-state index >= 15 is 0 Å². The van der Waals surface area contributed by atoms with E-state index in [-0.39, 0.29) is 12.1 Å². The van der Waals surface area contributed by atoms with Crippen molar-refractivity contribution in [3.05, 3.63) is 45.3 Å². The summed E-state index contributed by atoms with van der Waals surface area (Å²) in [6.07, 6.45) is 0. The third-order valence-electron chi connectivity index (χ3n) is 1.84. The topological polar surface area (TPSA) is 86.1 Å². The molecule has 72 valence electrons. The van der Waals surface area contributed by atoms with Crippen molar-refractivity contribution < 1.29 is 9.90 Å². The zero-order valence-corrected chi connectivity index (χ0v) is 7.64. The number of hydrogen-bond donors (Lipinski definition) is 1. The first-order valence-corrected chi connectivity index (χ1v) is 3.99. The highest BCUT2D eigenvalue weighted by Crippen LogP contribution is 2.11. The molecule has 0 aliphatic carbocycles. The zero-order valence-electron chi connectivity index (χ0n) is 7.64. The van der Waals surface area contributed by atoms with Gasteiger partial charge < -0.3 is 5.11 Å². The van der Waals surface area contributed by atoms with Gasteiger partial charge in [-0.1, -0.05) is 17.2 Å². The molecule has 0 saturated heterocycles. The number of carboxylic acid groups (broad SMARTS) is 1. The van der Waals surface area contributed by atoms with Crippen LogP contribution in [0.2, 0.25) is 0 Å². The molecular formula is C9H9N3O2. The minimum Gasteiger partial charge on any atom is -0.478 e. The van der Waals surface area contributed by atoms with E-state index in [2.05, 4.69) is 10.0 Å². The molecule has 1 rings (SSSR count). The fourth-order valence-corrected chi connectivity index (χ4v) is 1.18. The van der Waals surface area contributed by atoms with Crippen LogP contribution in [0.25, 0.3) is 10.4 Å². The maximum absolute atomic E-state index is 10.7. The lowest BCUT2D eigenvalue weighted by molar-refractivity contribution is 0.0696. The second kappa shape index (κ2) is 4.30. The van der Waals surface area contributed by atoms with Crippen LogP contribution in [0.4, 0.5) is 0 Å². The normalized spacial score (nSPS) is 9.21. The molecule has 0 saturated carbocycles. The van der Waals surface area contributed by atoms with Gasteiger partial charge in [0.15, 0.2) is 0 Å². The zero-order chi connectivity index (χ0) is 10.6. The van der Waals surface area contributed by atoms with Crippen LogP contribution in [0.3, 0.4) is 0 Å². The van der Waals surface area contributed by atoms with Crippen LogP contribution in [-0.4, -0.2) is 11.1 Å². The van der Waals surface area contributed by atoms with E-state index in [9.17, 15) is 4.79 Å². The summed E-state index contributed by atoms with van der Waals surface area (Å²) >= 11 is 0. The maximum Gasteiger partial charge on any atom is 0.335 e. The Labute approximate surface area is 80.6 Å². The summed E-state index contributed by atoms with van der Waals surface area (Å²) in [5.41, 5.74) is 9.86. The minimum absolute atomic E-state index is 0.247. The van der Waals surface area contributed by atoms with Crippen LogP contribution >= 0.6 is 0 Å². The highest BCUT2D eigenvalue weighted by molar-refractivity contribution is 5.89. The average Bonchev–Trinajstić information content (AvgIpc) is 2.14. The van der Waals surface area contributed by atoms with Gasteiger partial charge in [0.25, 0.3) is 0 Å². The lowest BCUT2D eigenvalue weighted by Gasteiger charge is -2.02. The van der Waals surface area contributed by atoms with E-state index < -0.39 is 5.97 Å². The van der Waals surface area contributed by atoms with Gasteiger partial charge in [0.2, 0.25) is 0 Å². The molecule has 0 aliphatic heterocycles. The summed E-state index contributed by atoms with van der Waals surface area (Å²) in [6, 6.07) is 4.86. The number of aromatic carboxylic acids is 1. The molecule has 5 heteroatoms. The molecule has 0 amide bonds. The van der Waals surface area contributed by atoms with Crippen LogP contribution in [0, 0.1) is 6.92 Å². The number of nitrogens with zero attached hydrogens (tertiary/aromatic N) is 3. The van der Waals surface area contributed by atoms with E-state index in [0.29, 0.717) is 5.56 Å². The van der Waals surface area contributed by atoms with E-state index in [1.165, 1.54) is 6.07 Å². The number of hydrogen-bond acceptors (Lipinski definition) is 2. The number of carbonyl (C=O) groups is 1. The number of aryl methyl sites for hydroxylation is 1. The van der Waals surface area contributed by atoms with Gasteiger partial charge in [-0.25, -0.2) is 4.79 Å². The molecule has 0 aliphatic rings. The molecule has 0 spiro atoms. The van der Waals surface area contributed by atoms with Crippen molar-refractivity contribution in [3.8, 4) is 0 Å². The fourth-order valence-electron chi connectivity index (χ4n) is 1.18. The van der Waals surface area contributed by atoms with E-state index in [4.69, 9.17) is 10.6 Å². The first-order chi connectivity index (χ1) is 6.65. The number of rotatable bonds is 3. The Balaban J connectivity index is 3.00. The van der Waals surface area contributed by atoms with Crippen LogP contribution < -0.4 is 0 Å². The number of benzene rings is 1. The molecule has 0 bridgehead atoms. The predicted molar refractivity (Wildman–Crippen MR) is 51.0 cm³/mol. The van der Waals surface area contributed by atoms with Crippen LogP contribution in [0.15, 0.2) is 23.3 Å². The van der Waals surface area contributed by atoms with Crippen LogP contribution in [0.1, 0.15) is 21.5 Å². The van der Waals surface area contributed by atoms with Gasteiger partial charge in [-0.3, -0.25) is 0 Å². The van der Waals surface area contributed by atoms with Crippen molar-refractivity contribution in [1.29, 1.82) is 0 Å². The molecule has 0 unspecified atom stereocenters. The van der Waals surface area contributed by atoms with Crippen molar-refractivity contribution >= 4 is 5.97 Å². The summed E-state index contributed by atoms with van der Waals surface area (Å²) < 4.78 is 0. The van der Waals surface area contributed by atoms with Crippen molar-refractivity contribution in [1.82, 2.24) is 0 Å². The van der Waals surface area contributed by atoms with Gasteiger partial charge in [0.1, 0.15) is 0 Å². The Hall–Kier alpha value is -2.00. The molecule has 1 N–H and O–H groups in total. The number of azide groups is 1.